The standard InChI is InChI=1S/C31H30N2O4/c1-36-30(34)17-12-22-6-5-9-27(18-22)33(31(35)25-7-3-2-4-8-25)20-23-10-13-24(14-11-23)26-15-16-29-28(19-26)32-21-37-29/h5-6,9-19,21,25H,2-4,7-8,20H2,1H3/b17-12+. The van der Waals surface area contributed by atoms with Crippen molar-refractivity contribution in [3.63, 3.8) is 0 Å². The number of hydrogen-bond acceptors (Lipinski definition) is 5. The molecule has 3 aromatic carbocycles. The summed E-state index contributed by atoms with van der Waals surface area (Å²) in [6.45, 7) is 0.474. The van der Waals surface area contributed by atoms with Crippen LogP contribution in [0.2, 0.25) is 0 Å². The van der Waals surface area contributed by atoms with Crippen molar-refractivity contribution < 1.29 is 18.7 Å². The van der Waals surface area contributed by atoms with Crippen LogP contribution in [0.1, 0.15) is 43.2 Å². The molecule has 1 saturated carbocycles. The van der Waals surface area contributed by atoms with E-state index in [1.807, 2.05) is 47.4 Å². The zero-order valence-corrected chi connectivity index (χ0v) is 20.9. The van der Waals surface area contributed by atoms with E-state index in [1.54, 1.807) is 6.08 Å². The number of aromatic nitrogens is 1. The van der Waals surface area contributed by atoms with Gasteiger partial charge in [0.2, 0.25) is 5.91 Å². The minimum Gasteiger partial charge on any atom is -0.466 e. The SMILES string of the molecule is COC(=O)/C=C/c1cccc(N(Cc2ccc(-c3ccc4ocnc4c3)cc2)C(=O)C2CCCCC2)c1. The summed E-state index contributed by atoms with van der Waals surface area (Å²) in [5, 5.41) is 0. The lowest BCUT2D eigenvalue weighted by Crippen LogP contribution is -2.36. The number of benzene rings is 3. The van der Waals surface area contributed by atoms with E-state index in [-0.39, 0.29) is 11.8 Å². The molecule has 5 rings (SSSR count). The fraction of sp³-hybridized carbons (Fsp3) is 0.258. The van der Waals surface area contributed by atoms with Crippen molar-refractivity contribution in [1.29, 1.82) is 0 Å². The van der Waals surface area contributed by atoms with E-state index in [2.05, 4.69) is 29.2 Å². The first-order chi connectivity index (χ1) is 18.1. The van der Waals surface area contributed by atoms with Gasteiger partial charge in [-0.05, 0) is 65.4 Å². The predicted molar refractivity (Wildman–Crippen MR) is 145 cm³/mol. The van der Waals surface area contributed by atoms with Gasteiger partial charge in [-0.25, -0.2) is 9.78 Å². The largest absolute Gasteiger partial charge is 0.466 e. The summed E-state index contributed by atoms with van der Waals surface area (Å²) < 4.78 is 10.1. The Hall–Kier alpha value is -4.19. The number of carbonyl (C=O) groups is 2. The van der Waals surface area contributed by atoms with Crippen LogP contribution < -0.4 is 4.90 Å². The highest BCUT2D eigenvalue weighted by atomic mass is 16.5. The van der Waals surface area contributed by atoms with Gasteiger partial charge in [0.1, 0.15) is 5.52 Å². The Bertz CT molecular complexity index is 1410. The van der Waals surface area contributed by atoms with Gasteiger partial charge in [0.15, 0.2) is 12.0 Å². The molecule has 0 unspecified atom stereocenters. The molecule has 0 spiro atoms. The van der Waals surface area contributed by atoms with Crippen LogP contribution in [0.3, 0.4) is 0 Å². The van der Waals surface area contributed by atoms with Crippen molar-refractivity contribution in [1.82, 2.24) is 4.98 Å². The number of methoxy groups -OCH3 is 1. The summed E-state index contributed by atoms with van der Waals surface area (Å²) >= 11 is 0. The number of hydrogen-bond donors (Lipinski definition) is 0. The molecule has 0 saturated heterocycles. The van der Waals surface area contributed by atoms with Crippen LogP contribution in [0.4, 0.5) is 5.69 Å². The molecule has 0 bridgehead atoms. The molecule has 6 nitrogen and oxygen atoms in total. The molecule has 6 heteroatoms. The second kappa shape index (κ2) is 11.2. The normalized spacial score (nSPS) is 14.2. The molecule has 1 amide bonds. The van der Waals surface area contributed by atoms with Gasteiger partial charge in [0, 0.05) is 17.7 Å². The molecular formula is C31H30N2O4. The van der Waals surface area contributed by atoms with Gasteiger partial charge in [-0.15, -0.1) is 0 Å². The van der Waals surface area contributed by atoms with Crippen LogP contribution in [-0.4, -0.2) is 24.0 Å². The lowest BCUT2D eigenvalue weighted by Gasteiger charge is -2.30. The van der Waals surface area contributed by atoms with E-state index in [0.717, 1.165) is 64.7 Å². The molecular weight excluding hydrogens is 464 g/mol. The lowest BCUT2D eigenvalue weighted by molar-refractivity contribution is -0.134. The van der Waals surface area contributed by atoms with Gasteiger partial charge in [0.25, 0.3) is 0 Å². The minimum absolute atomic E-state index is 0.0384. The third kappa shape index (κ3) is 5.80. The van der Waals surface area contributed by atoms with Crippen LogP contribution in [0.25, 0.3) is 28.3 Å². The molecule has 1 fully saturated rings. The quantitative estimate of drug-likeness (QED) is 0.209. The van der Waals surface area contributed by atoms with E-state index < -0.39 is 5.97 Å². The van der Waals surface area contributed by atoms with Gasteiger partial charge in [0.05, 0.1) is 13.7 Å². The van der Waals surface area contributed by atoms with E-state index in [0.29, 0.717) is 6.54 Å². The van der Waals surface area contributed by atoms with E-state index in [1.165, 1.54) is 26.0 Å². The van der Waals surface area contributed by atoms with Crippen LogP contribution in [-0.2, 0) is 20.9 Å². The third-order valence-corrected chi connectivity index (χ3v) is 6.97. The van der Waals surface area contributed by atoms with Crippen LogP contribution in [0, 0.1) is 5.92 Å². The fourth-order valence-electron chi connectivity index (χ4n) is 4.92. The van der Waals surface area contributed by atoms with Gasteiger partial charge in [-0.1, -0.05) is 61.7 Å². The molecule has 4 aromatic rings. The van der Waals surface area contributed by atoms with Crippen LogP contribution in [0.15, 0.2) is 83.6 Å². The summed E-state index contributed by atoms with van der Waals surface area (Å²) in [6.07, 6.45) is 9.80. The molecule has 1 aromatic heterocycles. The number of rotatable bonds is 7. The molecule has 1 heterocycles. The number of fused-ring (bicyclic) bond motifs is 1. The summed E-state index contributed by atoms with van der Waals surface area (Å²) in [7, 11) is 1.35. The van der Waals surface area contributed by atoms with E-state index in [9.17, 15) is 9.59 Å². The maximum atomic E-state index is 13.7. The molecule has 0 atom stereocenters. The second-order valence-electron chi connectivity index (χ2n) is 9.44. The Morgan fingerprint density at radius 1 is 1.00 bits per heavy atom. The van der Waals surface area contributed by atoms with Gasteiger partial charge < -0.3 is 14.1 Å². The molecule has 1 aliphatic carbocycles. The molecule has 0 aliphatic heterocycles. The van der Waals surface area contributed by atoms with Crippen molar-refractivity contribution >= 4 is 34.7 Å². The van der Waals surface area contributed by atoms with Gasteiger partial charge >= 0.3 is 5.97 Å². The Balaban J connectivity index is 1.41. The molecule has 188 valence electrons. The summed E-state index contributed by atoms with van der Waals surface area (Å²) in [6, 6.07) is 22.0. The first-order valence-electron chi connectivity index (χ1n) is 12.7. The molecule has 0 radical (unpaired) electrons. The van der Waals surface area contributed by atoms with Crippen molar-refractivity contribution in [2.75, 3.05) is 12.0 Å². The summed E-state index contributed by atoms with van der Waals surface area (Å²) in [4.78, 5) is 31.4. The first kappa shape index (κ1) is 24.5. The number of amides is 1. The smallest absolute Gasteiger partial charge is 0.330 e. The van der Waals surface area contributed by atoms with Gasteiger partial charge in [-0.3, -0.25) is 4.79 Å². The Morgan fingerprint density at radius 3 is 2.57 bits per heavy atom. The average molecular weight is 495 g/mol. The Labute approximate surface area is 216 Å². The zero-order valence-electron chi connectivity index (χ0n) is 20.9. The van der Waals surface area contributed by atoms with Crippen molar-refractivity contribution in [2.45, 2.75) is 38.6 Å². The molecule has 37 heavy (non-hydrogen) atoms. The first-order valence-corrected chi connectivity index (χ1v) is 12.7. The lowest BCUT2D eigenvalue weighted by atomic mass is 9.88. The predicted octanol–water partition coefficient (Wildman–Crippen LogP) is 6.79. The number of anilines is 1. The third-order valence-electron chi connectivity index (χ3n) is 6.97. The maximum absolute atomic E-state index is 13.7. The topological polar surface area (TPSA) is 72.6 Å². The monoisotopic (exact) mass is 494 g/mol. The van der Waals surface area contributed by atoms with E-state index >= 15 is 0 Å². The number of esters is 1. The number of oxazole rings is 1. The molecule has 0 N–H and O–H groups in total. The fourth-order valence-corrected chi connectivity index (χ4v) is 4.92. The average Bonchev–Trinajstić information content (AvgIpc) is 3.43. The highest BCUT2D eigenvalue weighted by Crippen LogP contribution is 2.30. The number of ether oxygens (including phenoxy) is 1. The van der Waals surface area contributed by atoms with Gasteiger partial charge in [-0.2, -0.15) is 0 Å². The van der Waals surface area contributed by atoms with Crippen molar-refractivity contribution in [3.8, 4) is 11.1 Å². The number of carbonyl (C=O) groups excluding carboxylic acids is 2. The maximum Gasteiger partial charge on any atom is 0.330 e. The van der Waals surface area contributed by atoms with Crippen LogP contribution >= 0.6 is 0 Å². The Kier molecular flexibility index (Phi) is 7.45. The van der Waals surface area contributed by atoms with E-state index in [4.69, 9.17) is 9.15 Å². The highest BCUT2D eigenvalue weighted by Gasteiger charge is 2.27. The zero-order chi connectivity index (χ0) is 25.6. The summed E-state index contributed by atoms with van der Waals surface area (Å²) in [5.74, 6) is -0.214. The second-order valence-corrected chi connectivity index (χ2v) is 9.44. The van der Waals surface area contributed by atoms with Crippen LogP contribution in [0.5, 0.6) is 0 Å². The highest BCUT2D eigenvalue weighted by molar-refractivity contribution is 5.95. The van der Waals surface area contributed by atoms with Crippen molar-refractivity contribution in [3.05, 3.63) is 90.3 Å². The Morgan fingerprint density at radius 2 is 1.78 bits per heavy atom. The number of nitrogens with zero attached hydrogens (tertiary/aromatic N) is 2. The summed E-state index contributed by atoms with van der Waals surface area (Å²) in [5.41, 5.74) is 6.44. The minimum atomic E-state index is -0.414. The van der Waals surface area contributed by atoms with Crippen molar-refractivity contribution in [2.24, 2.45) is 5.92 Å². The molecule has 1 aliphatic rings.